The Morgan fingerprint density at radius 3 is 1.94 bits per heavy atom. The van der Waals surface area contributed by atoms with E-state index >= 15 is 0 Å². The largest absolute Gasteiger partial charge is 0.480 e. The van der Waals surface area contributed by atoms with Gasteiger partial charge in [-0.2, -0.15) is 0 Å². The van der Waals surface area contributed by atoms with Crippen molar-refractivity contribution in [1.29, 1.82) is 0 Å². The average molecular weight is 465 g/mol. The van der Waals surface area contributed by atoms with Crippen LogP contribution in [-0.4, -0.2) is 64.7 Å². The molecule has 0 aliphatic heterocycles. The third kappa shape index (κ3) is 8.82. The smallest absolute Gasteiger partial charge is 0.328 e. The molecular formula is C23H36N4O6. The molecule has 184 valence electrons. The molecule has 0 bridgehead atoms. The Kier molecular flexibility index (Phi) is 11.5. The van der Waals surface area contributed by atoms with Crippen LogP contribution in [0.3, 0.4) is 0 Å². The molecule has 0 saturated carbocycles. The van der Waals surface area contributed by atoms with Crippen molar-refractivity contribution >= 4 is 23.7 Å². The van der Waals surface area contributed by atoms with Crippen molar-refractivity contribution in [1.82, 2.24) is 16.0 Å². The second kappa shape index (κ2) is 13.5. The fourth-order valence-electron chi connectivity index (χ4n) is 3.15. The van der Waals surface area contributed by atoms with Crippen LogP contribution in [0.4, 0.5) is 0 Å². The molecule has 33 heavy (non-hydrogen) atoms. The Balaban J connectivity index is 2.92. The number of hydrogen-bond acceptors (Lipinski definition) is 6. The van der Waals surface area contributed by atoms with Gasteiger partial charge in [-0.05, 0) is 23.8 Å². The number of benzene rings is 1. The quantitative estimate of drug-likeness (QED) is 0.234. The van der Waals surface area contributed by atoms with E-state index in [4.69, 9.17) is 15.9 Å². The molecule has 10 heteroatoms. The molecule has 3 amide bonds. The molecule has 0 spiro atoms. The normalized spacial score (nSPS) is 15.6. The first kappa shape index (κ1) is 28.1. The minimum atomic E-state index is -1.49. The van der Waals surface area contributed by atoms with Gasteiger partial charge in [0, 0.05) is 0 Å². The number of carboxylic acids is 1. The molecule has 0 fully saturated rings. The van der Waals surface area contributed by atoms with Gasteiger partial charge in [0.2, 0.25) is 17.7 Å². The van der Waals surface area contributed by atoms with Crippen LogP contribution in [0, 0.1) is 11.8 Å². The number of nitrogens with one attached hydrogen (secondary N) is 3. The lowest BCUT2D eigenvalue weighted by molar-refractivity contribution is -0.143. The summed E-state index contributed by atoms with van der Waals surface area (Å²) in [5.74, 6) is -3.83. The van der Waals surface area contributed by atoms with E-state index in [0.717, 1.165) is 5.56 Å². The van der Waals surface area contributed by atoms with Gasteiger partial charge in [-0.15, -0.1) is 0 Å². The highest BCUT2D eigenvalue weighted by molar-refractivity contribution is 5.94. The van der Waals surface area contributed by atoms with E-state index < -0.39 is 54.5 Å². The number of aliphatic hydroxyl groups excluding tert-OH is 1. The van der Waals surface area contributed by atoms with Gasteiger partial charge in [-0.3, -0.25) is 14.4 Å². The summed E-state index contributed by atoms with van der Waals surface area (Å²) in [5.41, 5.74) is 6.94. The molecule has 1 aromatic carbocycles. The van der Waals surface area contributed by atoms with Crippen LogP contribution in [0.1, 0.15) is 39.7 Å². The van der Waals surface area contributed by atoms with Crippen LogP contribution in [0.5, 0.6) is 0 Å². The third-order valence-corrected chi connectivity index (χ3v) is 5.47. The van der Waals surface area contributed by atoms with Crippen LogP contribution in [0.25, 0.3) is 0 Å². The van der Waals surface area contributed by atoms with Crippen molar-refractivity contribution in [2.45, 2.75) is 64.7 Å². The summed E-state index contributed by atoms with van der Waals surface area (Å²) in [6.07, 6.45) is 0.882. The standard InChI is InChI=1S/C23H36N4O6/c1-5-14(4)19(27-20(29)16(24)11-15-9-7-6-8-10-15)22(31)26-18(13(2)3)21(30)25-17(12-28)23(32)33/h6-10,13-14,16-19,28H,5,11-12,24H2,1-4H3,(H,25,30)(H,26,31)(H,27,29)(H,32,33)/t14-,16-,17-,18-,19-/m0/s1. The summed E-state index contributed by atoms with van der Waals surface area (Å²) >= 11 is 0. The molecule has 10 nitrogen and oxygen atoms in total. The Morgan fingerprint density at radius 1 is 0.909 bits per heavy atom. The van der Waals surface area contributed by atoms with Crippen molar-refractivity contribution in [2.24, 2.45) is 17.6 Å². The zero-order valence-electron chi connectivity index (χ0n) is 19.6. The highest BCUT2D eigenvalue weighted by atomic mass is 16.4. The molecule has 1 rings (SSSR count). The molecule has 0 aliphatic carbocycles. The van der Waals surface area contributed by atoms with Crippen LogP contribution < -0.4 is 21.7 Å². The maximum Gasteiger partial charge on any atom is 0.328 e. The maximum absolute atomic E-state index is 13.1. The fourth-order valence-corrected chi connectivity index (χ4v) is 3.15. The SMILES string of the molecule is CC[C@H](C)[C@H](NC(=O)[C@@H](N)Cc1ccccc1)C(=O)N[C@H](C(=O)N[C@@H](CO)C(=O)O)C(C)C. The number of hydrogen-bond donors (Lipinski definition) is 6. The third-order valence-electron chi connectivity index (χ3n) is 5.47. The Labute approximate surface area is 194 Å². The number of carbonyl (C=O) groups excluding carboxylic acids is 3. The number of carbonyl (C=O) groups is 4. The first-order chi connectivity index (χ1) is 15.5. The summed E-state index contributed by atoms with van der Waals surface area (Å²) in [6.45, 7) is 6.25. The van der Waals surface area contributed by atoms with E-state index in [9.17, 15) is 19.2 Å². The number of nitrogens with two attached hydrogens (primary N) is 1. The van der Waals surface area contributed by atoms with Gasteiger partial charge >= 0.3 is 5.97 Å². The van der Waals surface area contributed by atoms with Crippen LogP contribution >= 0.6 is 0 Å². The van der Waals surface area contributed by atoms with Crippen LogP contribution in [0.15, 0.2) is 30.3 Å². The minimum Gasteiger partial charge on any atom is -0.480 e. The number of carboxylic acid groups (broad SMARTS) is 1. The lowest BCUT2D eigenvalue weighted by Gasteiger charge is -2.29. The molecule has 5 atom stereocenters. The molecule has 0 aliphatic rings. The number of aliphatic carboxylic acids is 1. The Hall–Kier alpha value is -2.98. The minimum absolute atomic E-state index is 0.252. The number of rotatable bonds is 13. The Morgan fingerprint density at radius 2 is 1.45 bits per heavy atom. The van der Waals surface area contributed by atoms with Crippen LogP contribution in [-0.2, 0) is 25.6 Å². The van der Waals surface area contributed by atoms with Gasteiger partial charge in [0.15, 0.2) is 0 Å². The highest BCUT2D eigenvalue weighted by Gasteiger charge is 2.33. The summed E-state index contributed by atoms with van der Waals surface area (Å²) in [6, 6.07) is 4.91. The van der Waals surface area contributed by atoms with Crippen LogP contribution in [0.2, 0.25) is 0 Å². The fraction of sp³-hybridized carbons (Fsp3) is 0.565. The lowest BCUT2D eigenvalue weighted by Crippen LogP contribution is -2.60. The van der Waals surface area contributed by atoms with Crippen molar-refractivity contribution < 1.29 is 29.4 Å². The van der Waals surface area contributed by atoms with Gasteiger partial charge in [0.25, 0.3) is 0 Å². The van der Waals surface area contributed by atoms with Gasteiger partial charge < -0.3 is 31.9 Å². The van der Waals surface area contributed by atoms with E-state index in [-0.39, 0.29) is 11.8 Å². The van der Waals surface area contributed by atoms with E-state index in [1.165, 1.54) is 0 Å². The molecule has 1 aromatic rings. The average Bonchev–Trinajstić information content (AvgIpc) is 2.78. The molecule has 0 saturated heterocycles. The predicted molar refractivity (Wildman–Crippen MR) is 123 cm³/mol. The zero-order chi connectivity index (χ0) is 25.1. The van der Waals surface area contributed by atoms with Crippen molar-refractivity contribution in [3.63, 3.8) is 0 Å². The van der Waals surface area contributed by atoms with Gasteiger partial charge in [0.05, 0.1) is 12.6 Å². The van der Waals surface area contributed by atoms with Gasteiger partial charge in [-0.25, -0.2) is 4.79 Å². The first-order valence-electron chi connectivity index (χ1n) is 11.1. The maximum atomic E-state index is 13.1. The van der Waals surface area contributed by atoms with Crippen molar-refractivity contribution in [2.75, 3.05) is 6.61 Å². The molecule has 0 radical (unpaired) electrons. The predicted octanol–water partition coefficient (Wildman–Crippen LogP) is -0.210. The molecule has 0 heterocycles. The topological polar surface area (TPSA) is 171 Å². The molecule has 0 unspecified atom stereocenters. The van der Waals surface area contributed by atoms with E-state index in [2.05, 4.69) is 16.0 Å². The molecule has 0 aromatic heterocycles. The monoisotopic (exact) mass is 464 g/mol. The van der Waals surface area contributed by atoms with Gasteiger partial charge in [-0.1, -0.05) is 64.4 Å². The van der Waals surface area contributed by atoms with Gasteiger partial charge in [0.1, 0.15) is 18.1 Å². The molecule has 7 N–H and O–H groups in total. The number of aliphatic hydroxyl groups is 1. The van der Waals surface area contributed by atoms with E-state index in [1.807, 2.05) is 37.3 Å². The van der Waals surface area contributed by atoms with Crippen molar-refractivity contribution in [3.8, 4) is 0 Å². The van der Waals surface area contributed by atoms with E-state index in [0.29, 0.717) is 12.8 Å². The Bertz CT molecular complexity index is 801. The summed E-state index contributed by atoms with van der Waals surface area (Å²) in [7, 11) is 0. The lowest BCUT2D eigenvalue weighted by atomic mass is 9.95. The second-order valence-electron chi connectivity index (χ2n) is 8.48. The first-order valence-corrected chi connectivity index (χ1v) is 11.1. The second-order valence-corrected chi connectivity index (χ2v) is 8.48. The summed E-state index contributed by atoms with van der Waals surface area (Å²) in [4.78, 5) is 49.5. The molecular weight excluding hydrogens is 428 g/mol. The highest BCUT2D eigenvalue weighted by Crippen LogP contribution is 2.11. The van der Waals surface area contributed by atoms with Crippen molar-refractivity contribution in [3.05, 3.63) is 35.9 Å². The zero-order valence-corrected chi connectivity index (χ0v) is 19.6. The van der Waals surface area contributed by atoms with E-state index in [1.54, 1.807) is 20.8 Å². The summed E-state index contributed by atoms with van der Waals surface area (Å²) < 4.78 is 0. The number of amides is 3. The summed E-state index contributed by atoms with van der Waals surface area (Å²) in [5, 5.41) is 25.7.